The van der Waals surface area contributed by atoms with Crippen LogP contribution in [-0.2, 0) is 12.8 Å². The lowest BCUT2D eigenvalue weighted by atomic mass is 10.0. The molecule has 0 spiro atoms. The second-order valence-corrected chi connectivity index (χ2v) is 4.60. The molecule has 0 amide bonds. The summed E-state index contributed by atoms with van der Waals surface area (Å²) in [5.41, 5.74) is -0.959. The molecule has 108 valence electrons. The van der Waals surface area contributed by atoms with Crippen molar-refractivity contribution < 1.29 is 18.3 Å². The Kier molecular flexibility index (Phi) is 6.24. The lowest BCUT2D eigenvalue weighted by Crippen LogP contribution is -2.26. The quantitative estimate of drug-likeness (QED) is 0.828. The molecule has 1 fully saturated rings. The van der Waals surface area contributed by atoms with Crippen LogP contribution in [0.4, 0.5) is 13.2 Å². The molecule has 0 atom stereocenters. The van der Waals surface area contributed by atoms with E-state index < -0.39 is 18.5 Å². The summed E-state index contributed by atoms with van der Waals surface area (Å²) in [4.78, 5) is 3.19. The molecule has 0 radical (unpaired) electrons. The summed E-state index contributed by atoms with van der Waals surface area (Å²) < 4.78 is 35.9. The van der Waals surface area contributed by atoms with Gasteiger partial charge in [-0.25, -0.2) is 4.98 Å². The number of aliphatic hydroxyl groups excluding tert-OH is 1. The molecule has 1 aliphatic rings. The first-order valence-electron chi connectivity index (χ1n) is 6.28. The van der Waals surface area contributed by atoms with E-state index in [4.69, 9.17) is 5.11 Å². The van der Waals surface area contributed by atoms with Gasteiger partial charge >= 0.3 is 6.18 Å². The average molecular weight is 276 g/mol. The highest BCUT2D eigenvalue weighted by Gasteiger charge is 2.32. The summed E-state index contributed by atoms with van der Waals surface area (Å²) in [6.45, 7) is 4.31. The highest BCUT2D eigenvalue weighted by atomic mass is 19.4. The smallest absolute Gasteiger partial charge is 0.390 e. The van der Waals surface area contributed by atoms with Crippen molar-refractivity contribution in [3.05, 3.63) is 29.6 Å². The molecule has 1 aromatic rings. The molecule has 2 rings (SSSR count). The normalized spacial score (nSPS) is 16.7. The number of piperidine rings is 1. The SMILES string of the molecule is CC1CCNCC1.OCc1cccc(C(F)(F)F)n1. The summed E-state index contributed by atoms with van der Waals surface area (Å²) >= 11 is 0. The van der Waals surface area contributed by atoms with Crippen molar-refractivity contribution in [2.45, 2.75) is 32.5 Å². The standard InChI is InChI=1S/C7H6F3NO.C6H13N/c8-7(9,10)6-3-1-2-5(4-12)11-6;1-6-2-4-7-5-3-6/h1-3,12H,4H2;6-7H,2-5H2,1H3. The average Bonchev–Trinajstić information content (AvgIpc) is 2.39. The number of aromatic nitrogens is 1. The summed E-state index contributed by atoms with van der Waals surface area (Å²) in [6.07, 6.45) is -1.69. The summed E-state index contributed by atoms with van der Waals surface area (Å²) in [6, 6.07) is 3.40. The third kappa shape index (κ3) is 6.02. The number of alkyl halides is 3. The van der Waals surface area contributed by atoms with Crippen molar-refractivity contribution in [1.29, 1.82) is 0 Å². The second-order valence-electron chi connectivity index (χ2n) is 4.60. The van der Waals surface area contributed by atoms with E-state index in [1.165, 1.54) is 38.1 Å². The van der Waals surface area contributed by atoms with Gasteiger partial charge in [0, 0.05) is 0 Å². The Morgan fingerprint density at radius 3 is 2.37 bits per heavy atom. The molecular formula is C13H19F3N2O. The van der Waals surface area contributed by atoms with E-state index >= 15 is 0 Å². The predicted octanol–water partition coefficient (Wildman–Crippen LogP) is 2.60. The lowest BCUT2D eigenvalue weighted by molar-refractivity contribution is -0.141. The number of nitrogens with zero attached hydrogens (tertiary/aromatic N) is 1. The lowest BCUT2D eigenvalue weighted by Gasteiger charge is -2.17. The van der Waals surface area contributed by atoms with Gasteiger partial charge in [0.1, 0.15) is 5.69 Å². The van der Waals surface area contributed by atoms with Gasteiger partial charge in [-0.15, -0.1) is 0 Å². The monoisotopic (exact) mass is 276 g/mol. The molecule has 1 aromatic heterocycles. The van der Waals surface area contributed by atoms with E-state index in [-0.39, 0.29) is 5.69 Å². The van der Waals surface area contributed by atoms with Crippen molar-refractivity contribution in [3.8, 4) is 0 Å². The van der Waals surface area contributed by atoms with Gasteiger partial charge in [0.05, 0.1) is 12.3 Å². The van der Waals surface area contributed by atoms with Crippen LogP contribution in [0.15, 0.2) is 18.2 Å². The van der Waals surface area contributed by atoms with Gasteiger partial charge in [0.2, 0.25) is 0 Å². The first-order chi connectivity index (χ1) is 8.93. The fourth-order valence-electron chi connectivity index (χ4n) is 1.69. The van der Waals surface area contributed by atoms with E-state index in [1.807, 2.05) is 0 Å². The van der Waals surface area contributed by atoms with Gasteiger partial charge < -0.3 is 10.4 Å². The maximum Gasteiger partial charge on any atom is 0.433 e. The van der Waals surface area contributed by atoms with Crippen LogP contribution in [0.25, 0.3) is 0 Å². The van der Waals surface area contributed by atoms with Crippen LogP contribution < -0.4 is 5.32 Å². The molecule has 3 nitrogen and oxygen atoms in total. The van der Waals surface area contributed by atoms with Crippen LogP contribution in [0.2, 0.25) is 0 Å². The Morgan fingerprint density at radius 1 is 1.32 bits per heavy atom. The third-order valence-corrected chi connectivity index (χ3v) is 2.89. The number of aliphatic hydroxyl groups is 1. The highest BCUT2D eigenvalue weighted by Crippen LogP contribution is 2.27. The predicted molar refractivity (Wildman–Crippen MR) is 66.4 cm³/mol. The third-order valence-electron chi connectivity index (χ3n) is 2.89. The summed E-state index contributed by atoms with van der Waals surface area (Å²) in [7, 11) is 0. The maximum atomic E-state index is 12.0. The molecule has 2 N–H and O–H groups in total. The van der Waals surface area contributed by atoms with Gasteiger partial charge in [-0.3, -0.25) is 0 Å². The second kappa shape index (κ2) is 7.45. The minimum Gasteiger partial charge on any atom is -0.390 e. The Balaban J connectivity index is 0.000000218. The van der Waals surface area contributed by atoms with E-state index in [9.17, 15) is 13.2 Å². The Hall–Kier alpha value is -1.14. The molecule has 2 heterocycles. The van der Waals surface area contributed by atoms with Gasteiger partial charge in [-0.1, -0.05) is 13.0 Å². The molecule has 0 saturated carbocycles. The van der Waals surface area contributed by atoms with Gasteiger partial charge in [-0.05, 0) is 44.0 Å². The number of rotatable bonds is 1. The first kappa shape index (κ1) is 15.9. The van der Waals surface area contributed by atoms with Gasteiger partial charge in [0.15, 0.2) is 0 Å². The van der Waals surface area contributed by atoms with Gasteiger partial charge in [-0.2, -0.15) is 13.2 Å². The van der Waals surface area contributed by atoms with Crippen LogP contribution in [0.3, 0.4) is 0 Å². The first-order valence-corrected chi connectivity index (χ1v) is 6.28. The minimum absolute atomic E-state index is 0.0184. The summed E-state index contributed by atoms with van der Waals surface area (Å²) in [5, 5.41) is 11.8. The van der Waals surface area contributed by atoms with Crippen molar-refractivity contribution in [2.75, 3.05) is 13.1 Å². The number of pyridine rings is 1. The number of hydrogen-bond donors (Lipinski definition) is 2. The molecule has 0 unspecified atom stereocenters. The fourth-order valence-corrected chi connectivity index (χ4v) is 1.69. The molecule has 0 aromatic carbocycles. The van der Waals surface area contributed by atoms with Crippen LogP contribution in [0.5, 0.6) is 0 Å². The fraction of sp³-hybridized carbons (Fsp3) is 0.615. The molecule has 1 saturated heterocycles. The van der Waals surface area contributed by atoms with Crippen molar-refractivity contribution >= 4 is 0 Å². The van der Waals surface area contributed by atoms with Gasteiger partial charge in [0.25, 0.3) is 0 Å². The van der Waals surface area contributed by atoms with Crippen LogP contribution in [0.1, 0.15) is 31.2 Å². The number of hydrogen-bond acceptors (Lipinski definition) is 3. The molecule has 0 bridgehead atoms. The van der Waals surface area contributed by atoms with Crippen LogP contribution >= 0.6 is 0 Å². The molecule has 0 aliphatic carbocycles. The zero-order valence-electron chi connectivity index (χ0n) is 10.9. The number of nitrogens with one attached hydrogen (secondary N) is 1. The maximum absolute atomic E-state index is 12.0. The Morgan fingerprint density at radius 2 is 1.95 bits per heavy atom. The molecule has 19 heavy (non-hydrogen) atoms. The van der Waals surface area contributed by atoms with E-state index in [1.54, 1.807) is 0 Å². The van der Waals surface area contributed by atoms with Crippen molar-refractivity contribution in [3.63, 3.8) is 0 Å². The zero-order chi connectivity index (χ0) is 14.3. The Labute approximate surface area is 110 Å². The van der Waals surface area contributed by atoms with Crippen LogP contribution in [0, 0.1) is 5.92 Å². The van der Waals surface area contributed by atoms with E-state index in [2.05, 4.69) is 17.2 Å². The zero-order valence-corrected chi connectivity index (χ0v) is 10.9. The number of halogens is 3. The minimum atomic E-state index is -4.44. The van der Waals surface area contributed by atoms with E-state index in [0.29, 0.717) is 0 Å². The van der Waals surface area contributed by atoms with Crippen LogP contribution in [-0.4, -0.2) is 23.2 Å². The molecule has 1 aliphatic heterocycles. The highest BCUT2D eigenvalue weighted by molar-refractivity contribution is 5.12. The Bertz CT molecular complexity index is 376. The van der Waals surface area contributed by atoms with Crippen molar-refractivity contribution in [2.24, 2.45) is 5.92 Å². The van der Waals surface area contributed by atoms with Crippen molar-refractivity contribution in [1.82, 2.24) is 10.3 Å². The summed E-state index contributed by atoms with van der Waals surface area (Å²) in [5.74, 6) is 0.973. The molecule has 6 heteroatoms. The van der Waals surface area contributed by atoms with E-state index in [0.717, 1.165) is 12.0 Å². The molecular weight excluding hydrogens is 257 g/mol. The largest absolute Gasteiger partial charge is 0.433 e. The topological polar surface area (TPSA) is 45.1 Å².